The van der Waals surface area contributed by atoms with Crippen molar-refractivity contribution in [1.29, 1.82) is 0 Å². The predicted octanol–water partition coefficient (Wildman–Crippen LogP) is 6.32. The number of nitrogens with one attached hydrogen (secondary N) is 1. The second-order valence-electron chi connectivity index (χ2n) is 8.07. The van der Waals surface area contributed by atoms with Gasteiger partial charge in [-0.05, 0) is 71.6 Å². The monoisotopic (exact) mass is 582 g/mol. The summed E-state index contributed by atoms with van der Waals surface area (Å²) in [5.41, 5.74) is 0.442. The molecule has 4 aromatic rings. The van der Waals surface area contributed by atoms with Crippen LogP contribution in [0.4, 0.5) is 5.69 Å². The number of nitrogens with zero attached hydrogens (tertiary/aromatic N) is 1. The molecule has 200 valence electrons. The molecule has 0 radical (unpaired) electrons. The number of para-hydroxylation sites is 1. The van der Waals surface area contributed by atoms with Crippen molar-refractivity contribution in [3.8, 4) is 11.5 Å². The first kappa shape index (κ1) is 27.9. The largest absolute Gasteiger partial charge is 0.464 e. The van der Waals surface area contributed by atoms with E-state index in [0.717, 1.165) is 11.4 Å². The van der Waals surface area contributed by atoms with E-state index in [1.165, 1.54) is 35.6 Å². The van der Waals surface area contributed by atoms with Gasteiger partial charge in [-0.3, -0.25) is 9.10 Å². The van der Waals surface area contributed by atoms with Gasteiger partial charge >= 0.3 is 5.97 Å². The van der Waals surface area contributed by atoms with E-state index in [9.17, 15) is 18.0 Å². The van der Waals surface area contributed by atoms with Gasteiger partial charge in [-0.1, -0.05) is 42.4 Å². The number of rotatable bonds is 10. The number of benzene rings is 3. The minimum atomic E-state index is -4.29. The summed E-state index contributed by atoms with van der Waals surface area (Å²) >= 11 is 7.18. The summed E-state index contributed by atoms with van der Waals surface area (Å²) in [4.78, 5) is 25.4. The zero-order valence-corrected chi connectivity index (χ0v) is 23.1. The average molecular weight is 583 g/mol. The highest BCUT2D eigenvalue weighted by atomic mass is 35.5. The summed E-state index contributed by atoms with van der Waals surface area (Å²) in [6, 6.07) is 22.6. The Balaban J connectivity index is 1.62. The lowest BCUT2D eigenvalue weighted by molar-refractivity contribution is -0.137. The summed E-state index contributed by atoms with van der Waals surface area (Å²) < 4.78 is 38.8. The van der Waals surface area contributed by atoms with Crippen LogP contribution in [0.15, 0.2) is 107 Å². The maximum absolute atomic E-state index is 13.7. The summed E-state index contributed by atoms with van der Waals surface area (Å²) in [6.07, 6.45) is 0. The number of esters is 1. The molecule has 0 atom stereocenters. The van der Waals surface area contributed by atoms with Crippen LogP contribution >= 0.6 is 22.9 Å². The van der Waals surface area contributed by atoms with E-state index >= 15 is 0 Å². The van der Waals surface area contributed by atoms with Crippen molar-refractivity contribution in [2.24, 2.45) is 0 Å². The fourth-order valence-corrected chi connectivity index (χ4v) is 5.67. The van der Waals surface area contributed by atoms with Crippen LogP contribution in [-0.2, 0) is 26.1 Å². The summed E-state index contributed by atoms with van der Waals surface area (Å²) in [5.74, 6) is -0.329. The molecule has 39 heavy (non-hydrogen) atoms. The van der Waals surface area contributed by atoms with Crippen molar-refractivity contribution in [2.45, 2.75) is 11.4 Å². The van der Waals surface area contributed by atoms with E-state index < -0.39 is 21.7 Å². The maximum Gasteiger partial charge on any atom is 0.354 e. The van der Waals surface area contributed by atoms with Crippen LogP contribution in [0.5, 0.6) is 11.5 Å². The number of carbonyl (C=O) groups excluding carboxylic acids is 2. The Morgan fingerprint density at radius 1 is 0.949 bits per heavy atom. The lowest BCUT2D eigenvalue weighted by Gasteiger charge is -2.26. The number of sulfonamides is 1. The van der Waals surface area contributed by atoms with Gasteiger partial charge in [-0.2, -0.15) is 0 Å². The zero-order chi connectivity index (χ0) is 28.0. The normalized spacial score (nSPS) is 10.9. The average Bonchev–Trinajstić information content (AvgIpc) is 3.49. The number of halogens is 1. The third-order valence-corrected chi connectivity index (χ3v) is 8.43. The van der Waals surface area contributed by atoms with Crippen molar-refractivity contribution in [1.82, 2.24) is 4.31 Å². The molecular formula is C28H23ClN2O6S2. The van der Waals surface area contributed by atoms with Gasteiger partial charge in [0.1, 0.15) is 17.2 Å². The van der Waals surface area contributed by atoms with Crippen LogP contribution < -0.4 is 10.1 Å². The molecule has 4 rings (SSSR count). The molecule has 1 amide bonds. The number of amides is 1. The van der Waals surface area contributed by atoms with Crippen LogP contribution in [0.2, 0.25) is 5.02 Å². The number of hydrogen-bond donors (Lipinski definition) is 1. The van der Waals surface area contributed by atoms with Crippen molar-refractivity contribution in [3.63, 3.8) is 0 Å². The Hall–Kier alpha value is -4.12. The molecule has 8 nitrogen and oxygen atoms in total. The highest BCUT2D eigenvalue weighted by Gasteiger charge is 2.30. The molecule has 1 N–H and O–H groups in total. The molecule has 0 aliphatic rings. The quantitative estimate of drug-likeness (QED) is 0.173. The number of methoxy groups -OCH3 is 1. The molecule has 0 aliphatic carbocycles. The third kappa shape index (κ3) is 6.66. The Morgan fingerprint density at radius 2 is 1.59 bits per heavy atom. The minimum absolute atomic E-state index is 0.101. The number of anilines is 1. The molecule has 0 saturated heterocycles. The Bertz CT molecular complexity index is 1590. The van der Waals surface area contributed by atoms with Crippen LogP contribution in [-0.4, -0.2) is 31.7 Å². The third-order valence-electron chi connectivity index (χ3n) is 5.51. The first-order valence-electron chi connectivity index (χ1n) is 11.5. The molecule has 3 aromatic carbocycles. The van der Waals surface area contributed by atoms with Crippen LogP contribution in [0.25, 0.3) is 0 Å². The zero-order valence-electron chi connectivity index (χ0n) is 20.7. The maximum atomic E-state index is 13.7. The highest BCUT2D eigenvalue weighted by molar-refractivity contribution is 7.89. The van der Waals surface area contributed by atoms with Gasteiger partial charge in [0, 0.05) is 10.7 Å². The van der Waals surface area contributed by atoms with Gasteiger partial charge < -0.3 is 14.8 Å². The molecule has 0 saturated carbocycles. The summed E-state index contributed by atoms with van der Waals surface area (Å²) in [7, 11) is -3.15. The molecular weight excluding hydrogens is 560 g/mol. The molecule has 11 heteroatoms. The smallest absolute Gasteiger partial charge is 0.354 e. The molecule has 0 bridgehead atoms. The van der Waals surface area contributed by atoms with E-state index in [1.807, 2.05) is 0 Å². The van der Waals surface area contributed by atoms with E-state index in [2.05, 4.69) is 11.9 Å². The summed E-state index contributed by atoms with van der Waals surface area (Å²) in [5, 5.41) is 5.14. The minimum Gasteiger partial charge on any atom is -0.464 e. The fraction of sp³-hybridized carbons (Fsp3) is 0.0714. The van der Waals surface area contributed by atoms with Gasteiger partial charge in [0.25, 0.3) is 15.9 Å². The Labute approximate surface area is 235 Å². The number of ether oxygens (including phenoxy) is 2. The van der Waals surface area contributed by atoms with Gasteiger partial charge in [-0.15, -0.1) is 11.3 Å². The molecule has 1 heterocycles. The fourth-order valence-electron chi connectivity index (χ4n) is 3.52. The second-order valence-corrected chi connectivity index (χ2v) is 11.3. The van der Waals surface area contributed by atoms with Crippen LogP contribution in [0.1, 0.15) is 15.2 Å². The van der Waals surface area contributed by atoms with E-state index in [4.69, 9.17) is 21.1 Å². The second kappa shape index (κ2) is 12.2. The van der Waals surface area contributed by atoms with E-state index in [-0.39, 0.29) is 17.3 Å². The SMILES string of the molecule is C=C(C(=O)OC)N(Cc1ccccc1NC(=O)c1cccs1)S(=O)(=O)c1ccc(Oc2ccc(Cl)cc2)cc1. The molecule has 0 spiro atoms. The molecule has 0 fully saturated rings. The number of carbonyl (C=O) groups is 2. The standard InChI is InChI=1S/C28H23ClN2O6S2/c1-19(28(33)36-2)31(18-20-6-3-4-7-25(20)30-27(32)26-8-5-17-38-26)39(34,35)24-15-13-23(14-16-24)37-22-11-9-21(29)10-12-22/h3-17H,1,18H2,2H3,(H,30,32). The molecule has 0 aliphatic heterocycles. The van der Waals surface area contributed by atoms with Crippen LogP contribution in [0, 0.1) is 0 Å². The highest BCUT2D eigenvalue weighted by Crippen LogP contribution is 2.29. The summed E-state index contributed by atoms with van der Waals surface area (Å²) in [6.45, 7) is 3.39. The Kier molecular flexibility index (Phi) is 8.70. The topological polar surface area (TPSA) is 102 Å². The van der Waals surface area contributed by atoms with Crippen molar-refractivity contribution >= 4 is 50.5 Å². The van der Waals surface area contributed by atoms with Gasteiger partial charge in [0.15, 0.2) is 0 Å². The first-order valence-corrected chi connectivity index (χ1v) is 14.1. The van der Waals surface area contributed by atoms with Gasteiger partial charge in [-0.25, -0.2) is 13.2 Å². The lowest BCUT2D eigenvalue weighted by Crippen LogP contribution is -2.33. The lowest BCUT2D eigenvalue weighted by atomic mass is 10.1. The van der Waals surface area contributed by atoms with Gasteiger partial charge in [0.05, 0.1) is 23.4 Å². The molecule has 1 aromatic heterocycles. The van der Waals surface area contributed by atoms with Gasteiger partial charge in [0.2, 0.25) is 0 Å². The van der Waals surface area contributed by atoms with Crippen molar-refractivity contribution in [3.05, 3.63) is 118 Å². The Morgan fingerprint density at radius 3 is 2.21 bits per heavy atom. The van der Waals surface area contributed by atoms with Crippen LogP contribution in [0.3, 0.4) is 0 Å². The van der Waals surface area contributed by atoms with E-state index in [0.29, 0.717) is 32.6 Å². The predicted molar refractivity (Wildman–Crippen MR) is 151 cm³/mol. The van der Waals surface area contributed by atoms with E-state index in [1.54, 1.807) is 66.0 Å². The number of hydrogen-bond acceptors (Lipinski definition) is 7. The first-order chi connectivity index (χ1) is 18.7. The molecule has 0 unspecified atom stereocenters. The van der Waals surface area contributed by atoms with Crippen molar-refractivity contribution in [2.75, 3.05) is 12.4 Å². The van der Waals surface area contributed by atoms with Crippen molar-refractivity contribution < 1.29 is 27.5 Å². The number of thiophene rings is 1.